The molecule has 0 unspecified atom stereocenters. The molecule has 2 aromatic rings. The van der Waals surface area contributed by atoms with Gasteiger partial charge in [0.1, 0.15) is 5.75 Å². The van der Waals surface area contributed by atoms with Crippen LogP contribution >= 0.6 is 0 Å². The molecule has 2 rings (SSSR count). The number of anilines is 1. The fourth-order valence-electron chi connectivity index (χ4n) is 2.80. The summed E-state index contributed by atoms with van der Waals surface area (Å²) in [6.45, 7) is 2.64. The van der Waals surface area contributed by atoms with E-state index in [1.54, 1.807) is 31.2 Å². The third-order valence-corrected chi connectivity index (χ3v) is 7.20. The van der Waals surface area contributed by atoms with E-state index in [1.165, 1.54) is 35.7 Å². The van der Waals surface area contributed by atoms with Crippen LogP contribution in [0.5, 0.6) is 5.75 Å². The monoisotopic (exact) mass is 469 g/mol. The Kier molecular flexibility index (Phi) is 8.43. The number of hydrogen-bond acceptors (Lipinski definition) is 6. The van der Waals surface area contributed by atoms with E-state index in [9.17, 15) is 21.6 Å². The minimum absolute atomic E-state index is 0.0507. The predicted molar refractivity (Wildman–Crippen MR) is 119 cm³/mol. The molecule has 0 saturated carbocycles. The van der Waals surface area contributed by atoms with E-state index in [0.29, 0.717) is 24.4 Å². The van der Waals surface area contributed by atoms with Crippen LogP contribution in [0.3, 0.4) is 0 Å². The maximum Gasteiger partial charge on any atom is 0.261 e. The van der Waals surface area contributed by atoms with Crippen LogP contribution in [0.1, 0.15) is 23.7 Å². The first-order valence-corrected chi connectivity index (χ1v) is 12.9. The average Bonchev–Trinajstić information content (AvgIpc) is 2.73. The number of benzene rings is 2. The smallest absolute Gasteiger partial charge is 0.261 e. The van der Waals surface area contributed by atoms with Crippen LogP contribution in [-0.4, -0.2) is 60.0 Å². The quantitative estimate of drug-likeness (QED) is 0.485. The molecule has 0 aliphatic rings. The number of rotatable bonds is 11. The van der Waals surface area contributed by atoms with Gasteiger partial charge in [-0.05, 0) is 48.9 Å². The summed E-state index contributed by atoms with van der Waals surface area (Å²) in [7, 11) is -5.65. The van der Waals surface area contributed by atoms with Crippen molar-refractivity contribution in [3.63, 3.8) is 0 Å². The van der Waals surface area contributed by atoms with Crippen molar-refractivity contribution in [1.82, 2.24) is 9.62 Å². The molecule has 9 nitrogen and oxygen atoms in total. The Bertz CT molecular complexity index is 1100. The zero-order valence-electron chi connectivity index (χ0n) is 17.7. The lowest BCUT2D eigenvalue weighted by atomic mass is 10.2. The first kappa shape index (κ1) is 24.6. The van der Waals surface area contributed by atoms with E-state index in [0.717, 1.165) is 6.26 Å². The van der Waals surface area contributed by atoms with Gasteiger partial charge >= 0.3 is 0 Å². The first-order chi connectivity index (χ1) is 14.6. The minimum Gasteiger partial charge on any atom is -0.497 e. The van der Waals surface area contributed by atoms with Gasteiger partial charge in [-0.1, -0.05) is 13.0 Å². The summed E-state index contributed by atoms with van der Waals surface area (Å²) in [4.78, 5) is 12.3. The number of ether oxygens (including phenoxy) is 1. The molecule has 0 aromatic heterocycles. The fourth-order valence-corrected chi connectivity index (χ4v) is 4.83. The highest BCUT2D eigenvalue weighted by atomic mass is 32.2. The second-order valence-electron chi connectivity index (χ2n) is 6.73. The predicted octanol–water partition coefficient (Wildman–Crippen LogP) is 1.90. The molecular formula is C20H27N3O6S2. The second kappa shape index (κ2) is 10.6. The van der Waals surface area contributed by atoms with Crippen molar-refractivity contribution in [1.29, 1.82) is 0 Å². The number of carbonyl (C=O) groups excluding carboxylic acids is 1. The van der Waals surface area contributed by atoms with Crippen molar-refractivity contribution in [3.8, 4) is 5.75 Å². The molecule has 170 valence electrons. The Labute approximate surface area is 183 Å². The third kappa shape index (κ3) is 7.23. The summed E-state index contributed by atoms with van der Waals surface area (Å²) in [6.07, 6.45) is 1.57. The molecule has 0 aliphatic carbocycles. The molecule has 11 heteroatoms. The van der Waals surface area contributed by atoms with Gasteiger partial charge in [-0.3, -0.25) is 9.52 Å². The van der Waals surface area contributed by atoms with Crippen molar-refractivity contribution < 1.29 is 26.4 Å². The SMILES string of the molecule is CCN(CCCNC(=O)c1cccc(S(=O)(=O)Nc2ccc(OC)cc2)c1)S(C)(=O)=O. The Morgan fingerprint density at radius 3 is 2.32 bits per heavy atom. The molecular weight excluding hydrogens is 442 g/mol. The lowest BCUT2D eigenvalue weighted by Crippen LogP contribution is -2.33. The van der Waals surface area contributed by atoms with E-state index >= 15 is 0 Å². The molecule has 1 amide bonds. The zero-order valence-corrected chi connectivity index (χ0v) is 19.3. The highest BCUT2D eigenvalue weighted by Gasteiger charge is 2.17. The Morgan fingerprint density at radius 1 is 1.06 bits per heavy atom. The van der Waals surface area contributed by atoms with Gasteiger partial charge in [-0.2, -0.15) is 0 Å². The molecule has 0 heterocycles. The maximum absolute atomic E-state index is 12.7. The highest BCUT2D eigenvalue weighted by Crippen LogP contribution is 2.20. The number of amides is 1. The number of carbonyl (C=O) groups is 1. The molecule has 0 fully saturated rings. The van der Waals surface area contributed by atoms with Gasteiger partial charge in [0.15, 0.2) is 0 Å². The molecule has 31 heavy (non-hydrogen) atoms. The summed E-state index contributed by atoms with van der Waals surface area (Å²) in [6, 6.07) is 12.1. The van der Waals surface area contributed by atoms with E-state index in [2.05, 4.69) is 10.0 Å². The van der Waals surface area contributed by atoms with Crippen LogP contribution in [0.15, 0.2) is 53.4 Å². The summed E-state index contributed by atoms with van der Waals surface area (Å²) in [5.41, 5.74) is 0.551. The van der Waals surface area contributed by atoms with Crippen molar-refractivity contribution in [2.24, 2.45) is 0 Å². The van der Waals surface area contributed by atoms with Crippen LogP contribution in [-0.2, 0) is 20.0 Å². The summed E-state index contributed by atoms with van der Waals surface area (Å²) >= 11 is 0. The lowest BCUT2D eigenvalue weighted by Gasteiger charge is -2.17. The van der Waals surface area contributed by atoms with E-state index in [1.807, 2.05) is 0 Å². The van der Waals surface area contributed by atoms with Crippen LogP contribution in [0.2, 0.25) is 0 Å². The second-order valence-corrected chi connectivity index (χ2v) is 10.4. The van der Waals surface area contributed by atoms with Crippen LogP contribution < -0.4 is 14.8 Å². The Hall–Kier alpha value is -2.63. The van der Waals surface area contributed by atoms with E-state index in [4.69, 9.17) is 4.74 Å². The molecule has 0 atom stereocenters. The van der Waals surface area contributed by atoms with Gasteiger partial charge in [0.25, 0.3) is 15.9 Å². The van der Waals surface area contributed by atoms with Crippen molar-refractivity contribution in [2.75, 3.05) is 37.7 Å². The largest absolute Gasteiger partial charge is 0.497 e. The third-order valence-electron chi connectivity index (χ3n) is 4.44. The maximum atomic E-state index is 12.7. The topological polar surface area (TPSA) is 122 Å². The number of methoxy groups -OCH3 is 1. The zero-order chi connectivity index (χ0) is 23.1. The fraction of sp³-hybridized carbons (Fsp3) is 0.350. The number of hydrogen-bond donors (Lipinski definition) is 2. The lowest BCUT2D eigenvalue weighted by molar-refractivity contribution is 0.0952. The van der Waals surface area contributed by atoms with Crippen molar-refractivity contribution in [3.05, 3.63) is 54.1 Å². The van der Waals surface area contributed by atoms with Gasteiger partial charge in [0.05, 0.1) is 18.3 Å². The highest BCUT2D eigenvalue weighted by molar-refractivity contribution is 7.92. The van der Waals surface area contributed by atoms with E-state index < -0.39 is 26.0 Å². The Morgan fingerprint density at radius 2 is 1.74 bits per heavy atom. The van der Waals surface area contributed by atoms with Gasteiger partial charge in [0, 0.05) is 30.9 Å². The van der Waals surface area contributed by atoms with Crippen LogP contribution in [0, 0.1) is 0 Å². The molecule has 0 spiro atoms. The molecule has 2 aromatic carbocycles. The van der Waals surface area contributed by atoms with Crippen LogP contribution in [0.4, 0.5) is 5.69 Å². The minimum atomic E-state index is -3.89. The number of sulfonamides is 2. The van der Waals surface area contributed by atoms with Crippen molar-refractivity contribution >= 4 is 31.6 Å². The van der Waals surface area contributed by atoms with Gasteiger partial charge in [-0.25, -0.2) is 21.1 Å². The van der Waals surface area contributed by atoms with Gasteiger partial charge < -0.3 is 10.1 Å². The van der Waals surface area contributed by atoms with Crippen LogP contribution in [0.25, 0.3) is 0 Å². The summed E-state index contributed by atoms with van der Waals surface area (Å²) in [5.74, 6) is 0.157. The van der Waals surface area contributed by atoms with Gasteiger partial charge in [0.2, 0.25) is 10.0 Å². The normalized spacial score (nSPS) is 11.9. The number of nitrogens with one attached hydrogen (secondary N) is 2. The molecule has 0 radical (unpaired) electrons. The summed E-state index contributed by atoms with van der Waals surface area (Å²) < 4.78 is 57.3. The van der Waals surface area contributed by atoms with E-state index in [-0.39, 0.29) is 23.5 Å². The first-order valence-electron chi connectivity index (χ1n) is 9.57. The number of nitrogens with zero attached hydrogens (tertiary/aromatic N) is 1. The Balaban J connectivity index is 2.00. The standard InChI is InChI=1S/C20H27N3O6S2/c1-4-23(30(3,25)26)14-6-13-21-20(24)16-7-5-8-19(15-16)31(27,28)22-17-9-11-18(29-2)12-10-17/h5,7-12,15,22H,4,6,13-14H2,1-3H3,(H,21,24). The molecule has 0 saturated heterocycles. The average molecular weight is 470 g/mol. The van der Waals surface area contributed by atoms with Gasteiger partial charge in [-0.15, -0.1) is 0 Å². The molecule has 0 bridgehead atoms. The molecule has 0 aliphatic heterocycles. The molecule has 2 N–H and O–H groups in total. The summed E-state index contributed by atoms with van der Waals surface area (Å²) in [5, 5.41) is 2.68. The van der Waals surface area contributed by atoms with Crippen molar-refractivity contribution in [2.45, 2.75) is 18.2 Å².